The third-order valence-electron chi connectivity index (χ3n) is 4.45. The largest absolute Gasteiger partial charge is 0.440 e. The van der Waals surface area contributed by atoms with E-state index in [2.05, 4.69) is 5.32 Å². The van der Waals surface area contributed by atoms with Crippen LogP contribution in [0.1, 0.15) is 18.4 Å². The molecule has 120 valence electrons. The number of carbonyl (C=O) groups is 1. The van der Waals surface area contributed by atoms with Gasteiger partial charge in [-0.3, -0.25) is 5.32 Å². The van der Waals surface area contributed by atoms with Gasteiger partial charge in [-0.15, -0.1) is 0 Å². The lowest BCUT2D eigenvalue weighted by molar-refractivity contribution is -0.920. The molecule has 4 nitrogen and oxygen atoms in total. The lowest BCUT2D eigenvalue weighted by Gasteiger charge is -2.40. The van der Waals surface area contributed by atoms with Crippen molar-refractivity contribution in [1.82, 2.24) is 0 Å². The highest BCUT2D eigenvalue weighted by atomic mass is 19.4. The Hall–Kier alpha value is -1.76. The SMILES string of the molecule is O=C(Nc1cccc(C(F)(F)F)c1)O[C@H]1C[NH+]2CCC1CC2. The Labute approximate surface area is 126 Å². The van der Waals surface area contributed by atoms with Gasteiger partial charge in [-0.2, -0.15) is 13.2 Å². The normalized spacial score (nSPS) is 27.5. The van der Waals surface area contributed by atoms with Crippen LogP contribution in [-0.4, -0.2) is 31.8 Å². The van der Waals surface area contributed by atoms with Gasteiger partial charge in [0.1, 0.15) is 6.54 Å². The van der Waals surface area contributed by atoms with Gasteiger partial charge in [-0.25, -0.2) is 4.79 Å². The zero-order valence-electron chi connectivity index (χ0n) is 12.0. The fourth-order valence-electron chi connectivity index (χ4n) is 3.27. The topological polar surface area (TPSA) is 42.8 Å². The van der Waals surface area contributed by atoms with Gasteiger partial charge in [0.15, 0.2) is 6.10 Å². The van der Waals surface area contributed by atoms with Gasteiger partial charge in [0, 0.05) is 24.4 Å². The van der Waals surface area contributed by atoms with Gasteiger partial charge in [0.2, 0.25) is 0 Å². The van der Waals surface area contributed by atoms with Crippen LogP contribution in [0.2, 0.25) is 0 Å². The number of alkyl halides is 3. The van der Waals surface area contributed by atoms with Gasteiger partial charge < -0.3 is 9.64 Å². The summed E-state index contributed by atoms with van der Waals surface area (Å²) >= 11 is 0. The number of rotatable bonds is 2. The first-order valence-corrected chi connectivity index (χ1v) is 7.40. The maximum Gasteiger partial charge on any atom is 0.416 e. The predicted octanol–water partition coefficient (Wildman–Crippen LogP) is 1.93. The van der Waals surface area contributed by atoms with Crippen LogP contribution in [0.25, 0.3) is 0 Å². The van der Waals surface area contributed by atoms with Gasteiger partial charge in [-0.05, 0) is 18.2 Å². The van der Waals surface area contributed by atoms with Crippen molar-refractivity contribution < 1.29 is 27.6 Å². The summed E-state index contributed by atoms with van der Waals surface area (Å²) in [6.07, 6.45) is -3.17. The van der Waals surface area contributed by atoms with Crippen molar-refractivity contribution in [2.24, 2.45) is 5.92 Å². The van der Waals surface area contributed by atoms with Gasteiger partial charge in [-0.1, -0.05) is 6.07 Å². The summed E-state index contributed by atoms with van der Waals surface area (Å²) in [7, 11) is 0. The first-order chi connectivity index (χ1) is 10.4. The second kappa shape index (κ2) is 5.79. The number of amides is 1. The molecule has 0 spiro atoms. The lowest BCUT2D eigenvalue weighted by Crippen LogP contribution is -3.16. The van der Waals surface area contributed by atoms with Crippen LogP contribution in [-0.2, 0) is 10.9 Å². The zero-order chi connectivity index (χ0) is 15.7. The van der Waals surface area contributed by atoms with Crippen LogP contribution < -0.4 is 10.2 Å². The van der Waals surface area contributed by atoms with E-state index >= 15 is 0 Å². The molecule has 1 amide bonds. The maximum absolute atomic E-state index is 12.6. The van der Waals surface area contributed by atoms with E-state index in [9.17, 15) is 18.0 Å². The molecular weight excluding hydrogens is 297 g/mol. The quantitative estimate of drug-likeness (QED) is 0.876. The molecule has 3 aliphatic rings. The molecule has 0 saturated carbocycles. The van der Waals surface area contributed by atoms with E-state index in [0.717, 1.165) is 44.6 Å². The first kappa shape index (κ1) is 15.1. The molecule has 0 aliphatic carbocycles. The maximum atomic E-state index is 12.6. The molecule has 2 N–H and O–H groups in total. The van der Waals surface area contributed by atoms with E-state index in [1.54, 1.807) is 0 Å². The minimum atomic E-state index is -4.43. The molecule has 4 rings (SSSR count). The van der Waals surface area contributed by atoms with E-state index in [-0.39, 0.29) is 11.8 Å². The molecule has 0 aromatic heterocycles. The molecule has 7 heteroatoms. The molecule has 0 unspecified atom stereocenters. The number of ether oxygens (including phenoxy) is 1. The molecule has 3 fully saturated rings. The Balaban J connectivity index is 1.60. The number of halogens is 3. The van der Waals surface area contributed by atoms with Crippen molar-refractivity contribution in [2.45, 2.75) is 25.1 Å². The third-order valence-corrected chi connectivity index (χ3v) is 4.45. The molecular formula is C15H18F3N2O2+. The average molecular weight is 315 g/mol. The molecule has 3 saturated heterocycles. The summed E-state index contributed by atoms with van der Waals surface area (Å²) in [6, 6.07) is 4.55. The highest BCUT2D eigenvalue weighted by Crippen LogP contribution is 2.30. The summed E-state index contributed by atoms with van der Waals surface area (Å²) in [5.74, 6) is 0.379. The summed E-state index contributed by atoms with van der Waals surface area (Å²) < 4.78 is 43.3. The number of carbonyl (C=O) groups excluding carboxylic acids is 1. The van der Waals surface area contributed by atoms with Crippen molar-refractivity contribution in [3.8, 4) is 0 Å². The Morgan fingerprint density at radius 1 is 1.27 bits per heavy atom. The van der Waals surface area contributed by atoms with Crippen LogP contribution in [0.15, 0.2) is 24.3 Å². The Bertz CT molecular complexity index is 554. The molecule has 2 bridgehead atoms. The number of hydrogen-bond acceptors (Lipinski definition) is 2. The number of benzene rings is 1. The second-order valence-corrected chi connectivity index (χ2v) is 5.94. The lowest BCUT2D eigenvalue weighted by atomic mass is 9.86. The molecule has 22 heavy (non-hydrogen) atoms. The van der Waals surface area contributed by atoms with Gasteiger partial charge in [0.05, 0.1) is 18.7 Å². The van der Waals surface area contributed by atoms with E-state index in [1.165, 1.54) is 17.0 Å². The molecule has 0 radical (unpaired) electrons. The molecule has 1 aromatic rings. The highest BCUT2D eigenvalue weighted by molar-refractivity contribution is 5.84. The van der Waals surface area contributed by atoms with Crippen molar-refractivity contribution >= 4 is 11.8 Å². The minimum Gasteiger partial charge on any atom is -0.440 e. The van der Waals surface area contributed by atoms with E-state index in [1.807, 2.05) is 0 Å². The smallest absolute Gasteiger partial charge is 0.416 e. The summed E-state index contributed by atoms with van der Waals surface area (Å²) in [4.78, 5) is 13.3. The van der Waals surface area contributed by atoms with Crippen LogP contribution in [0.3, 0.4) is 0 Å². The van der Waals surface area contributed by atoms with Crippen LogP contribution >= 0.6 is 0 Å². The van der Waals surface area contributed by atoms with E-state index < -0.39 is 17.8 Å². The van der Waals surface area contributed by atoms with Crippen LogP contribution in [0, 0.1) is 5.92 Å². The van der Waals surface area contributed by atoms with Gasteiger partial charge >= 0.3 is 12.3 Å². The summed E-state index contributed by atoms with van der Waals surface area (Å²) in [5.41, 5.74) is -0.703. The van der Waals surface area contributed by atoms with Crippen LogP contribution in [0.4, 0.5) is 23.7 Å². The average Bonchev–Trinajstić information content (AvgIpc) is 2.47. The Morgan fingerprint density at radius 2 is 2.00 bits per heavy atom. The number of anilines is 1. The number of nitrogens with one attached hydrogen (secondary N) is 2. The molecule has 3 heterocycles. The fraction of sp³-hybridized carbons (Fsp3) is 0.533. The van der Waals surface area contributed by atoms with Crippen molar-refractivity contribution in [3.05, 3.63) is 29.8 Å². The molecule has 1 atom stereocenters. The minimum absolute atomic E-state index is 0.0912. The van der Waals surface area contributed by atoms with Crippen LogP contribution in [0.5, 0.6) is 0 Å². The number of quaternary nitrogens is 1. The highest BCUT2D eigenvalue weighted by Gasteiger charge is 2.39. The Morgan fingerprint density at radius 3 is 2.59 bits per heavy atom. The predicted molar refractivity (Wildman–Crippen MR) is 73.6 cm³/mol. The number of piperidine rings is 3. The summed E-state index contributed by atoms with van der Waals surface area (Å²) in [6.45, 7) is 3.01. The van der Waals surface area contributed by atoms with Crippen molar-refractivity contribution in [3.63, 3.8) is 0 Å². The Kier molecular flexibility index (Phi) is 3.99. The number of fused-ring (bicyclic) bond motifs is 3. The standard InChI is InChI=1S/C15H17F3N2O2/c16-15(17,18)11-2-1-3-12(8-11)19-14(21)22-13-9-20-6-4-10(13)5-7-20/h1-3,8,10,13H,4-7,9H2,(H,19,21)/p+1/t13-/m0/s1. The first-order valence-electron chi connectivity index (χ1n) is 7.40. The molecule has 3 aliphatic heterocycles. The van der Waals surface area contributed by atoms with E-state index in [4.69, 9.17) is 4.74 Å². The second-order valence-electron chi connectivity index (χ2n) is 5.94. The monoisotopic (exact) mass is 315 g/mol. The van der Waals surface area contributed by atoms with Gasteiger partial charge in [0.25, 0.3) is 0 Å². The van der Waals surface area contributed by atoms with Crippen molar-refractivity contribution in [1.29, 1.82) is 0 Å². The third kappa shape index (κ3) is 3.35. The van der Waals surface area contributed by atoms with E-state index in [0.29, 0.717) is 5.92 Å². The fourth-order valence-corrected chi connectivity index (χ4v) is 3.27. The molecule has 1 aromatic carbocycles. The summed E-state index contributed by atoms with van der Waals surface area (Å²) in [5, 5.41) is 2.39. The zero-order valence-corrected chi connectivity index (χ0v) is 12.0. The number of hydrogen-bond donors (Lipinski definition) is 2. The van der Waals surface area contributed by atoms with Crippen molar-refractivity contribution in [2.75, 3.05) is 25.0 Å².